The monoisotopic (exact) mass is 441 g/mol. The van der Waals surface area contributed by atoms with Crippen LogP contribution in [0.3, 0.4) is 0 Å². The summed E-state index contributed by atoms with van der Waals surface area (Å²) in [7, 11) is -3.86. The van der Waals surface area contributed by atoms with Crippen molar-refractivity contribution < 1.29 is 18.0 Å². The molecule has 0 aromatic heterocycles. The van der Waals surface area contributed by atoms with Crippen molar-refractivity contribution in [1.29, 1.82) is 0 Å². The van der Waals surface area contributed by atoms with E-state index in [2.05, 4.69) is 15.4 Å². The van der Waals surface area contributed by atoms with E-state index in [1.54, 1.807) is 24.3 Å². The van der Waals surface area contributed by atoms with Gasteiger partial charge in [0.15, 0.2) is 0 Å². The van der Waals surface area contributed by atoms with E-state index < -0.39 is 15.9 Å². The van der Waals surface area contributed by atoms with E-state index in [-0.39, 0.29) is 32.5 Å². The first-order valence-electron chi connectivity index (χ1n) is 8.36. The minimum atomic E-state index is -3.86. The van der Waals surface area contributed by atoms with Gasteiger partial charge in [0, 0.05) is 24.3 Å². The van der Waals surface area contributed by atoms with Crippen molar-refractivity contribution in [2.45, 2.75) is 30.7 Å². The molecule has 0 atom stereocenters. The van der Waals surface area contributed by atoms with Gasteiger partial charge in [-0.05, 0) is 43.2 Å². The van der Waals surface area contributed by atoms with Crippen molar-refractivity contribution in [3.63, 3.8) is 0 Å². The molecule has 1 saturated carbocycles. The van der Waals surface area contributed by atoms with Gasteiger partial charge in [0.05, 0.1) is 15.6 Å². The molecule has 3 rings (SSSR count). The Labute approximate surface area is 172 Å². The molecule has 10 heteroatoms. The lowest BCUT2D eigenvalue weighted by atomic mass is 10.2. The van der Waals surface area contributed by atoms with Crippen LogP contribution in [0, 0.1) is 0 Å². The Morgan fingerprint density at radius 1 is 1.00 bits per heavy atom. The Hall–Kier alpha value is -2.13. The van der Waals surface area contributed by atoms with Crippen molar-refractivity contribution >= 4 is 56.4 Å². The number of anilines is 2. The summed E-state index contributed by atoms with van der Waals surface area (Å²) in [5.41, 5.74) is 0.874. The summed E-state index contributed by atoms with van der Waals surface area (Å²) in [6.07, 6.45) is 1.53. The van der Waals surface area contributed by atoms with Crippen molar-refractivity contribution in [2.75, 3.05) is 10.6 Å². The second-order valence-corrected chi connectivity index (χ2v) is 8.87. The third-order valence-electron chi connectivity index (χ3n) is 3.90. The molecular formula is C18H17Cl2N3O4S. The van der Waals surface area contributed by atoms with Crippen LogP contribution in [-0.4, -0.2) is 26.3 Å². The summed E-state index contributed by atoms with van der Waals surface area (Å²) in [5, 5.41) is 5.19. The zero-order chi connectivity index (χ0) is 20.5. The zero-order valence-corrected chi connectivity index (χ0v) is 17.1. The largest absolute Gasteiger partial charge is 0.326 e. The molecule has 0 aliphatic heterocycles. The number of halogens is 2. The van der Waals surface area contributed by atoms with Crippen molar-refractivity contribution in [3.05, 3.63) is 52.0 Å². The van der Waals surface area contributed by atoms with Gasteiger partial charge in [-0.25, -0.2) is 13.1 Å². The van der Waals surface area contributed by atoms with Crippen LogP contribution < -0.4 is 15.4 Å². The molecule has 0 bridgehead atoms. The lowest BCUT2D eigenvalue weighted by molar-refractivity contribution is -0.114. The minimum absolute atomic E-state index is 0.0193. The summed E-state index contributed by atoms with van der Waals surface area (Å²) in [6, 6.07) is 8.79. The third-order valence-corrected chi connectivity index (χ3v) is 6.19. The highest BCUT2D eigenvalue weighted by Gasteiger charge is 2.30. The summed E-state index contributed by atoms with van der Waals surface area (Å²) in [6.45, 7) is 1.37. The van der Waals surface area contributed by atoms with Crippen LogP contribution in [0.2, 0.25) is 10.0 Å². The number of carbonyl (C=O) groups is 2. The maximum absolute atomic E-state index is 12.7. The van der Waals surface area contributed by atoms with Gasteiger partial charge in [-0.2, -0.15) is 0 Å². The first-order chi connectivity index (χ1) is 13.2. The van der Waals surface area contributed by atoms with E-state index in [0.717, 1.165) is 18.9 Å². The van der Waals surface area contributed by atoms with E-state index in [4.69, 9.17) is 23.2 Å². The number of sulfonamides is 1. The Morgan fingerprint density at radius 2 is 1.64 bits per heavy atom. The number of hydrogen-bond acceptors (Lipinski definition) is 4. The molecule has 7 nitrogen and oxygen atoms in total. The molecule has 28 heavy (non-hydrogen) atoms. The first-order valence-corrected chi connectivity index (χ1v) is 10.6. The van der Waals surface area contributed by atoms with E-state index in [1.807, 2.05) is 0 Å². The van der Waals surface area contributed by atoms with Crippen LogP contribution >= 0.6 is 23.2 Å². The molecule has 3 N–H and O–H groups in total. The predicted octanol–water partition coefficient (Wildman–Crippen LogP) is 3.64. The molecule has 0 spiro atoms. The molecule has 1 aliphatic carbocycles. The fraction of sp³-hybridized carbons (Fsp3) is 0.222. The number of amides is 2. The molecule has 2 aromatic rings. The van der Waals surface area contributed by atoms with Crippen LogP contribution in [-0.2, 0) is 14.8 Å². The summed E-state index contributed by atoms with van der Waals surface area (Å²) in [5.74, 6) is -0.855. The maximum Gasteiger partial charge on any atom is 0.257 e. The van der Waals surface area contributed by atoms with E-state index >= 15 is 0 Å². The molecule has 2 amide bonds. The molecule has 1 fully saturated rings. The quantitative estimate of drug-likeness (QED) is 0.635. The van der Waals surface area contributed by atoms with Crippen molar-refractivity contribution in [3.8, 4) is 0 Å². The van der Waals surface area contributed by atoms with Gasteiger partial charge in [-0.1, -0.05) is 29.3 Å². The Bertz CT molecular complexity index is 1050. The zero-order valence-electron chi connectivity index (χ0n) is 14.8. The fourth-order valence-electron chi connectivity index (χ4n) is 2.47. The highest BCUT2D eigenvalue weighted by molar-refractivity contribution is 7.89. The summed E-state index contributed by atoms with van der Waals surface area (Å²) < 4.78 is 27.5. The van der Waals surface area contributed by atoms with Crippen LogP contribution in [0.15, 0.2) is 41.3 Å². The van der Waals surface area contributed by atoms with Gasteiger partial charge < -0.3 is 10.6 Å². The predicted molar refractivity (Wildman–Crippen MR) is 109 cm³/mol. The number of rotatable bonds is 6. The SMILES string of the molecule is CC(=O)Nc1cccc(NC(=O)c2cc(S(=O)(=O)NC3CC3)c(Cl)cc2Cl)c1. The van der Waals surface area contributed by atoms with Gasteiger partial charge >= 0.3 is 0 Å². The second kappa shape index (κ2) is 8.08. The van der Waals surface area contributed by atoms with Crippen LogP contribution in [0.25, 0.3) is 0 Å². The maximum atomic E-state index is 12.7. The topological polar surface area (TPSA) is 104 Å². The van der Waals surface area contributed by atoms with Crippen LogP contribution in [0.1, 0.15) is 30.1 Å². The third kappa shape index (κ3) is 5.02. The Kier molecular flexibility index (Phi) is 5.95. The second-order valence-electron chi connectivity index (χ2n) is 6.37. The number of nitrogens with one attached hydrogen (secondary N) is 3. The lowest BCUT2D eigenvalue weighted by Gasteiger charge is -2.12. The van der Waals surface area contributed by atoms with E-state index in [9.17, 15) is 18.0 Å². The summed E-state index contributed by atoms with van der Waals surface area (Å²) >= 11 is 12.2. The van der Waals surface area contributed by atoms with Crippen molar-refractivity contribution in [2.24, 2.45) is 0 Å². The molecule has 1 aliphatic rings. The van der Waals surface area contributed by atoms with E-state index in [0.29, 0.717) is 11.4 Å². The molecule has 0 saturated heterocycles. The Balaban J connectivity index is 1.87. The van der Waals surface area contributed by atoms with Crippen molar-refractivity contribution in [1.82, 2.24) is 4.72 Å². The molecule has 2 aromatic carbocycles. The first kappa shape index (κ1) is 20.6. The summed E-state index contributed by atoms with van der Waals surface area (Å²) in [4.78, 5) is 23.6. The van der Waals surface area contributed by atoms with Gasteiger partial charge in [-0.3, -0.25) is 9.59 Å². The smallest absolute Gasteiger partial charge is 0.257 e. The number of carbonyl (C=O) groups excluding carboxylic acids is 2. The fourth-order valence-corrected chi connectivity index (χ4v) is 4.63. The molecular weight excluding hydrogens is 425 g/mol. The van der Waals surface area contributed by atoms with E-state index in [1.165, 1.54) is 13.0 Å². The number of benzene rings is 2. The highest BCUT2D eigenvalue weighted by atomic mass is 35.5. The normalized spacial score (nSPS) is 13.8. The van der Waals surface area contributed by atoms with Gasteiger partial charge in [-0.15, -0.1) is 0 Å². The van der Waals surface area contributed by atoms with Crippen LogP contribution in [0.4, 0.5) is 11.4 Å². The van der Waals surface area contributed by atoms with Crippen LogP contribution in [0.5, 0.6) is 0 Å². The molecule has 0 heterocycles. The Morgan fingerprint density at radius 3 is 2.25 bits per heavy atom. The standard InChI is InChI=1S/C18H17Cl2N3O4S/c1-10(24)21-12-3-2-4-13(7-12)22-18(25)14-8-17(16(20)9-15(14)19)28(26,27)23-11-5-6-11/h2-4,7-9,11,23H,5-6H2,1H3,(H,21,24)(H,22,25). The van der Waals surface area contributed by atoms with Gasteiger partial charge in [0.2, 0.25) is 15.9 Å². The lowest BCUT2D eigenvalue weighted by Crippen LogP contribution is -2.26. The number of hydrogen-bond donors (Lipinski definition) is 3. The minimum Gasteiger partial charge on any atom is -0.326 e. The highest BCUT2D eigenvalue weighted by Crippen LogP contribution is 2.31. The average Bonchev–Trinajstić information content (AvgIpc) is 3.37. The molecule has 0 unspecified atom stereocenters. The molecule has 0 radical (unpaired) electrons. The molecule has 148 valence electrons. The van der Waals surface area contributed by atoms with Gasteiger partial charge in [0.25, 0.3) is 5.91 Å². The average molecular weight is 442 g/mol. The van der Waals surface area contributed by atoms with Gasteiger partial charge in [0.1, 0.15) is 4.90 Å².